The molecule has 0 aliphatic carbocycles. The maximum absolute atomic E-state index is 11.2. The third-order valence-corrected chi connectivity index (χ3v) is 3.91. The van der Waals surface area contributed by atoms with Crippen LogP contribution >= 0.6 is 0 Å². The SMILES string of the molecule is CCCc1nc2c(C(=O)O)cccc2n1CCS(N)(=O)=O. The van der Waals surface area contributed by atoms with Gasteiger partial charge in [-0.2, -0.15) is 0 Å². The average Bonchev–Trinajstić information content (AvgIpc) is 2.73. The number of rotatable bonds is 6. The summed E-state index contributed by atoms with van der Waals surface area (Å²) in [6.07, 6.45) is 1.46. The minimum atomic E-state index is -3.59. The topological polar surface area (TPSA) is 115 Å². The molecule has 0 radical (unpaired) electrons. The Morgan fingerprint density at radius 3 is 2.71 bits per heavy atom. The van der Waals surface area contributed by atoms with E-state index in [-0.39, 0.29) is 17.9 Å². The van der Waals surface area contributed by atoms with E-state index in [0.717, 1.165) is 6.42 Å². The van der Waals surface area contributed by atoms with Gasteiger partial charge < -0.3 is 9.67 Å². The van der Waals surface area contributed by atoms with Crippen LogP contribution in [0.2, 0.25) is 0 Å². The first-order chi connectivity index (χ1) is 9.83. The average molecular weight is 311 g/mol. The number of carbonyl (C=O) groups is 1. The number of benzene rings is 1. The highest BCUT2D eigenvalue weighted by Crippen LogP contribution is 2.21. The monoisotopic (exact) mass is 311 g/mol. The van der Waals surface area contributed by atoms with Crippen molar-refractivity contribution in [1.82, 2.24) is 9.55 Å². The number of primary sulfonamides is 1. The van der Waals surface area contributed by atoms with Crippen molar-refractivity contribution in [2.24, 2.45) is 5.14 Å². The van der Waals surface area contributed by atoms with Gasteiger partial charge in [-0.1, -0.05) is 13.0 Å². The summed E-state index contributed by atoms with van der Waals surface area (Å²) in [5.74, 6) is -0.600. The maximum atomic E-state index is 11.2. The maximum Gasteiger partial charge on any atom is 0.337 e. The van der Waals surface area contributed by atoms with Crippen molar-refractivity contribution in [3.05, 3.63) is 29.6 Å². The van der Waals surface area contributed by atoms with E-state index in [4.69, 9.17) is 5.14 Å². The molecule has 0 atom stereocenters. The number of hydrogen-bond donors (Lipinski definition) is 2. The number of hydrogen-bond acceptors (Lipinski definition) is 4. The lowest BCUT2D eigenvalue weighted by Crippen LogP contribution is -2.21. The van der Waals surface area contributed by atoms with E-state index >= 15 is 0 Å². The van der Waals surface area contributed by atoms with E-state index in [0.29, 0.717) is 23.3 Å². The predicted molar refractivity (Wildman–Crippen MR) is 78.7 cm³/mol. The number of carboxylic acids is 1. The molecule has 0 bridgehead atoms. The zero-order chi connectivity index (χ0) is 15.6. The van der Waals surface area contributed by atoms with Crippen LogP contribution in [-0.2, 0) is 23.0 Å². The second-order valence-corrected chi connectivity index (χ2v) is 6.51. The summed E-state index contributed by atoms with van der Waals surface area (Å²) in [5.41, 5.74) is 1.10. The number of imidazole rings is 1. The molecule has 0 saturated heterocycles. The molecule has 1 aromatic heterocycles. The van der Waals surface area contributed by atoms with Crippen LogP contribution in [0.1, 0.15) is 29.5 Å². The minimum Gasteiger partial charge on any atom is -0.478 e. The summed E-state index contributed by atoms with van der Waals surface area (Å²) in [4.78, 5) is 15.6. The highest BCUT2D eigenvalue weighted by molar-refractivity contribution is 7.89. The van der Waals surface area contributed by atoms with Crippen molar-refractivity contribution in [1.29, 1.82) is 0 Å². The minimum absolute atomic E-state index is 0.110. The van der Waals surface area contributed by atoms with Crippen molar-refractivity contribution in [2.45, 2.75) is 26.3 Å². The Bertz CT molecular complexity index is 780. The van der Waals surface area contributed by atoms with E-state index < -0.39 is 16.0 Å². The van der Waals surface area contributed by atoms with E-state index in [1.54, 1.807) is 16.7 Å². The molecule has 3 N–H and O–H groups in total. The first-order valence-corrected chi connectivity index (χ1v) is 8.27. The van der Waals surface area contributed by atoms with E-state index in [1.165, 1.54) is 6.07 Å². The lowest BCUT2D eigenvalue weighted by Gasteiger charge is -2.07. The molecule has 0 aliphatic heterocycles. The van der Waals surface area contributed by atoms with Crippen LogP contribution in [0.15, 0.2) is 18.2 Å². The quantitative estimate of drug-likeness (QED) is 0.825. The Morgan fingerprint density at radius 1 is 1.43 bits per heavy atom. The summed E-state index contributed by atoms with van der Waals surface area (Å²) >= 11 is 0. The standard InChI is InChI=1S/C13H17N3O4S/c1-2-4-11-15-12-9(13(17)18)5-3-6-10(12)16(11)7-8-21(14,19)20/h3,5-6H,2,4,7-8H2,1H3,(H,17,18)(H2,14,19,20). The normalized spacial score (nSPS) is 11.9. The van der Waals surface area contributed by atoms with Gasteiger partial charge in [-0.3, -0.25) is 0 Å². The van der Waals surface area contributed by atoms with Gasteiger partial charge in [0.1, 0.15) is 11.3 Å². The molecular formula is C13H17N3O4S. The Balaban J connectivity index is 2.57. The fraction of sp³-hybridized carbons (Fsp3) is 0.385. The molecule has 2 aromatic rings. The third-order valence-electron chi connectivity index (χ3n) is 3.16. The van der Waals surface area contributed by atoms with Gasteiger partial charge in [0.15, 0.2) is 0 Å². The van der Waals surface area contributed by atoms with Crippen molar-refractivity contribution < 1.29 is 18.3 Å². The Morgan fingerprint density at radius 2 is 2.14 bits per heavy atom. The number of aromatic carboxylic acids is 1. The molecule has 0 saturated carbocycles. The lowest BCUT2D eigenvalue weighted by molar-refractivity contribution is 0.0699. The van der Waals surface area contributed by atoms with E-state index in [2.05, 4.69) is 4.98 Å². The molecule has 0 spiro atoms. The van der Waals surface area contributed by atoms with Gasteiger partial charge in [0, 0.05) is 13.0 Å². The van der Waals surface area contributed by atoms with Crippen LogP contribution < -0.4 is 5.14 Å². The molecule has 0 unspecified atom stereocenters. The fourth-order valence-corrected chi connectivity index (χ4v) is 2.69. The number of sulfonamides is 1. The number of para-hydroxylation sites is 1. The van der Waals surface area contributed by atoms with Gasteiger partial charge in [0.05, 0.1) is 16.8 Å². The molecule has 0 fully saturated rings. The number of aryl methyl sites for hydroxylation is 2. The van der Waals surface area contributed by atoms with Gasteiger partial charge in [-0.05, 0) is 18.6 Å². The highest BCUT2D eigenvalue weighted by Gasteiger charge is 2.17. The highest BCUT2D eigenvalue weighted by atomic mass is 32.2. The molecule has 0 aliphatic rings. The number of carboxylic acid groups (broad SMARTS) is 1. The first kappa shape index (κ1) is 15.5. The number of nitrogens with zero attached hydrogens (tertiary/aromatic N) is 2. The van der Waals surface area contributed by atoms with E-state index in [9.17, 15) is 18.3 Å². The summed E-state index contributed by atoms with van der Waals surface area (Å²) in [7, 11) is -3.59. The van der Waals surface area contributed by atoms with Crippen LogP contribution in [0.3, 0.4) is 0 Å². The summed E-state index contributed by atoms with van der Waals surface area (Å²) in [6, 6.07) is 4.84. The number of fused-ring (bicyclic) bond motifs is 1. The van der Waals surface area contributed by atoms with Gasteiger partial charge in [-0.15, -0.1) is 0 Å². The van der Waals surface area contributed by atoms with Gasteiger partial charge in [0.25, 0.3) is 0 Å². The molecule has 2 rings (SSSR count). The van der Waals surface area contributed by atoms with Crippen molar-refractivity contribution in [2.75, 3.05) is 5.75 Å². The molecule has 114 valence electrons. The summed E-state index contributed by atoms with van der Waals surface area (Å²) in [6.45, 7) is 2.13. The molecule has 8 heteroatoms. The van der Waals surface area contributed by atoms with Crippen LogP contribution in [0, 0.1) is 0 Å². The van der Waals surface area contributed by atoms with Crippen molar-refractivity contribution in [3.63, 3.8) is 0 Å². The Hall–Kier alpha value is -1.93. The molecule has 21 heavy (non-hydrogen) atoms. The number of aromatic nitrogens is 2. The zero-order valence-corrected chi connectivity index (χ0v) is 12.4. The summed E-state index contributed by atoms with van der Waals surface area (Å²) < 4.78 is 24.0. The van der Waals surface area contributed by atoms with Crippen LogP contribution in [-0.4, -0.2) is 34.8 Å². The van der Waals surface area contributed by atoms with Crippen LogP contribution in [0.5, 0.6) is 0 Å². The predicted octanol–water partition coefficient (Wildman–Crippen LogP) is 0.976. The molecule has 7 nitrogen and oxygen atoms in total. The fourth-order valence-electron chi connectivity index (χ4n) is 2.25. The summed E-state index contributed by atoms with van der Waals surface area (Å²) in [5, 5.41) is 14.2. The smallest absolute Gasteiger partial charge is 0.337 e. The van der Waals surface area contributed by atoms with Crippen LogP contribution in [0.4, 0.5) is 0 Å². The van der Waals surface area contributed by atoms with Crippen molar-refractivity contribution in [3.8, 4) is 0 Å². The van der Waals surface area contributed by atoms with Gasteiger partial charge >= 0.3 is 5.97 Å². The van der Waals surface area contributed by atoms with Crippen LogP contribution in [0.25, 0.3) is 11.0 Å². The Kier molecular flexibility index (Phi) is 4.29. The molecule has 1 heterocycles. The first-order valence-electron chi connectivity index (χ1n) is 6.55. The molecular weight excluding hydrogens is 294 g/mol. The second kappa shape index (κ2) is 5.82. The third kappa shape index (κ3) is 3.40. The van der Waals surface area contributed by atoms with Gasteiger partial charge in [0.2, 0.25) is 10.0 Å². The Labute approximate surface area is 122 Å². The second-order valence-electron chi connectivity index (χ2n) is 4.78. The lowest BCUT2D eigenvalue weighted by atomic mass is 10.2. The number of nitrogens with two attached hydrogens (primary N) is 1. The largest absolute Gasteiger partial charge is 0.478 e. The van der Waals surface area contributed by atoms with E-state index in [1.807, 2.05) is 6.92 Å². The van der Waals surface area contributed by atoms with Crippen molar-refractivity contribution >= 4 is 27.0 Å². The zero-order valence-electron chi connectivity index (χ0n) is 11.6. The molecule has 0 amide bonds. The molecule has 1 aromatic carbocycles. The van der Waals surface area contributed by atoms with Gasteiger partial charge in [-0.25, -0.2) is 23.3 Å².